The highest BCUT2D eigenvalue weighted by atomic mass is 32.2. The van der Waals surface area contributed by atoms with Crippen LogP contribution in [0.4, 0.5) is 0 Å². The number of carbonyl (C=O) groups excluding carboxylic acids is 1. The molecular weight excluding hydrogens is 540 g/mol. The van der Waals surface area contributed by atoms with Crippen LogP contribution in [0.25, 0.3) is 11.1 Å². The van der Waals surface area contributed by atoms with Crippen LogP contribution < -0.4 is 10.1 Å². The van der Waals surface area contributed by atoms with Gasteiger partial charge in [0, 0.05) is 24.4 Å². The van der Waals surface area contributed by atoms with E-state index in [4.69, 9.17) is 4.74 Å². The van der Waals surface area contributed by atoms with Crippen LogP contribution >= 0.6 is 0 Å². The summed E-state index contributed by atoms with van der Waals surface area (Å²) in [5, 5.41) is 12.2. The normalized spacial score (nSPS) is 16.0. The third-order valence-corrected chi connectivity index (χ3v) is 8.19. The van der Waals surface area contributed by atoms with Gasteiger partial charge in [-0.2, -0.15) is 0 Å². The first-order valence-corrected chi connectivity index (χ1v) is 15.5. The molecule has 0 saturated carbocycles. The number of aliphatic carboxylic acids is 1. The molecule has 2 N–H and O–H groups in total. The average molecular weight is 581 g/mol. The predicted molar refractivity (Wildman–Crippen MR) is 162 cm³/mol. The summed E-state index contributed by atoms with van der Waals surface area (Å²) in [4.78, 5) is 27.5. The first kappa shape index (κ1) is 31.8. The third-order valence-electron chi connectivity index (χ3n) is 7.21. The molecule has 3 aromatic rings. The van der Waals surface area contributed by atoms with Gasteiger partial charge in [-0.05, 0) is 79.3 Å². The van der Waals surface area contributed by atoms with Crippen molar-refractivity contribution in [2.75, 3.05) is 25.2 Å². The van der Waals surface area contributed by atoms with Crippen molar-refractivity contribution in [3.05, 3.63) is 89.5 Å². The molecule has 2 atom stereocenters. The Morgan fingerprint density at radius 3 is 2.44 bits per heavy atom. The second kappa shape index (κ2) is 14.3. The van der Waals surface area contributed by atoms with Crippen molar-refractivity contribution in [2.45, 2.75) is 52.2 Å². The molecule has 0 aromatic heterocycles. The van der Waals surface area contributed by atoms with E-state index < -0.39 is 27.8 Å². The fraction of sp³-hybridized carbons (Fsp3) is 0.375. The molecule has 0 unspecified atom stereocenters. The summed E-state index contributed by atoms with van der Waals surface area (Å²) >= 11 is 0. The number of likely N-dealkylation sites (tertiary alicyclic amines) is 1. The molecule has 1 aliphatic heterocycles. The van der Waals surface area contributed by atoms with Crippen LogP contribution in [-0.2, 0) is 21.2 Å². The fourth-order valence-electron chi connectivity index (χ4n) is 5.05. The molecule has 0 bridgehead atoms. The standard InChI is InChI=1S/C31H36N2O6S.CH4/c1-22-9-6-7-13-26(22)28-19-23(20-33-17-8-10-24(33)21-39-25-11-4-3-5-12-25)14-15-27(28)30(34)32-29(31(35)36)16-18-40(2,37)38;/h3-7,9,11-15,19,24,29H,8,10,16-18,20-21H2,1-2H3,(H,32,34)(H,35,36);1H4/t24-,29+;/m1./s1. The Morgan fingerprint density at radius 2 is 1.76 bits per heavy atom. The van der Waals surface area contributed by atoms with Gasteiger partial charge in [0.25, 0.3) is 5.91 Å². The van der Waals surface area contributed by atoms with Gasteiger partial charge in [0.05, 0.1) is 5.75 Å². The van der Waals surface area contributed by atoms with Gasteiger partial charge in [0.1, 0.15) is 28.2 Å². The van der Waals surface area contributed by atoms with Crippen LogP contribution in [-0.4, -0.2) is 67.5 Å². The first-order valence-electron chi connectivity index (χ1n) is 13.4. The van der Waals surface area contributed by atoms with E-state index >= 15 is 0 Å². The zero-order valence-electron chi connectivity index (χ0n) is 22.9. The Labute approximate surface area is 243 Å². The number of hydrogen-bond acceptors (Lipinski definition) is 6. The lowest BCUT2D eigenvalue weighted by Crippen LogP contribution is -2.42. The third kappa shape index (κ3) is 8.90. The summed E-state index contributed by atoms with van der Waals surface area (Å²) in [7, 11) is -3.38. The summed E-state index contributed by atoms with van der Waals surface area (Å²) in [6, 6.07) is 22.1. The monoisotopic (exact) mass is 580 g/mol. The molecular formula is C32H40N2O6S. The van der Waals surface area contributed by atoms with Gasteiger partial charge < -0.3 is 15.2 Å². The zero-order chi connectivity index (χ0) is 28.7. The van der Waals surface area contributed by atoms with E-state index in [1.54, 1.807) is 6.07 Å². The second-order valence-electron chi connectivity index (χ2n) is 10.4. The van der Waals surface area contributed by atoms with Crippen LogP contribution in [0.15, 0.2) is 72.8 Å². The number of rotatable bonds is 12. The number of nitrogens with one attached hydrogen (secondary N) is 1. The minimum atomic E-state index is -3.38. The summed E-state index contributed by atoms with van der Waals surface area (Å²) in [6.07, 6.45) is 2.96. The number of benzene rings is 3. The molecule has 0 spiro atoms. The molecule has 1 aliphatic rings. The lowest BCUT2D eigenvalue weighted by atomic mass is 9.93. The van der Waals surface area contributed by atoms with E-state index in [1.165, 1.54) is 0 Å². The van der Waals surface area contributed by atoms with Crippen molar-refractivity contribution in [1.82, 2.24) is 10.2 Å². The molecule has 3 aromatic carbocycles. The number of hydrogen-bond donors (Lipinski definition) is 2. The second-order valence-corrected chi connectivity index (χ2v) is 12.6. The number of para-hydroxylation sites is 1. The minimum Gasteiger partial charge on any atom is -0.492 e. The largest absolute Gasteiger partial charge is 0.492 e. The summed E-state index contributed by atoms with van der Waals surface area (Å²) in [5.41, 5.74) is 3.94. The Morgan fingerprint density at radius 1 is 1.05 bits per heavy atom. The van der Waals surface area contributed by atoms with Gasteiger partial charge in [0.2, 0.25) is 0 Å². The van der Waals surface area contributed by atoms with Crippen LogP contribution in [0.5, 0.6) is 5.75 Å². The van der Waals surface area contributed by atoms with Crippen molar-refractivity contribution in [2.24, 2.45) is 0 Å². The lowest BCUT2D eigenvalue weighted by molar-refractivity contribution is -0.139. The van der Waals surface area contributed by atoms with E-state index in [-0.39, 0.29) is 25.6 Å². The van der Waals surface area contributed by atoms with Crippen LogP contribution in [0.3, 0.4) is 0 Å². The number of amides is 1. The quantitative estimate of drug-likeness (QED) is 0.311. The van der Waals surface area contributed by atoms with Gasteiger partial charge in [-0.25, -0.2) is 13.2 Å². The maximum atomic E-state index is 13.4. The molecule has 1 heterocycles. The van der Waals surface area contributed by atoms with Gasteiger partial charge in [-0.1, -0.05) is 56.0 Å². The van der Waals surface area contributed by atoms with Crippen LogP contribution in [0.2, 0.25) is 0 Å². The lowest BCUT2D eigenvalue weighted by Gasteiger charge is -2.25. The SMILES string of the molecule is C.Cc1ccccc1-c1cc(CN2CCC[C@@H]2COc2ccccc2)ccc1C(=O)N[C@@H](CCS(C)(=O)=O)C(=O)O. The van der Waals surface area contributed by atoms with Gasteiger partial charge in [0.15, 0.2) is 0 Å². The highest BCUT2D eigenvalue weighted by Gasteiger charge is 2.27. The van der Waals surface area contributed by atoms with Crippen LogP contribution in [0.1, 0.15) is 48.2 Å². The molecule has 1 amide bonds. The smallest absolute Gasteiger partial charge is 0.326 e. The van der Waals surface area contributed by atoms with Crippen molar-refractivity contribution in [3.8, 4) is 16.9 Å². The molecule has 220 valence electrons. The van der Waals surface area contributed by atoms with E-state index in [1.807, 2.05) is 73.7 Å². The first-order chi connectivity index (χ1) is 19.1. The highest BCUT2D eigenvalue weighted by molar-refractivity contribution is 7.90. The Balaban J connectivity index is 0.00000462. The molecule has 4 rings (SSSR count). The summed E-state index contributed by atoms with van der Waals surface area (Å²) < 4.78 is 29.2. The molecule has 0 radical (unpaired) electrons. The van der Waals surface area contributed by atoms with E-state index in [0.717, 1.165) is 48.1 Å². The van der Waals surface area contributed by atoms with Crippen molar-refractivity contribution in [3.63, 3.8) is 0 Å². The van der Waals surface area contributed by atoms with Crippen molar-refractivity contribution in [1.29, 1.82) is 0 Å². The number of nitrogens with zero attached hydrogens (tertiary/aromatic N) is 1. The zero-order valence-corrected chi connectivity index (χ0v) is 23.7. The number of ether oxygens (including phenoxy) is 1. The number of carboxylic acid groups (broad SMARTS) is 1. The number of sulfone groups is 1. The Bertz CT molecular complexity index is 1440. The van der Waals surface area contributed by atoms with Gasteiger partial charge in [-0.3, -0.25) is 9.69 Å². The van der Waals surface area contributed by atoms with E-state index in [2.05, 4.69) is 10.2 Å². The number of carbonyl (C=O) groups is 2. The summed E-state index contributed by atoms with van der Waals surface area (Å²) in [6.45, 7) is 4.20. The fourth-order valence-corrected chi connectivity index (χ4v) is 5.71. The van der Waals surface area contributed by atoms with Crippen molar-refractivity contribution >= 4 is 21.7 Å². The van der Waals surface area contributed by atoms with E-state index in [9.17, 15) is 23.1 Å². The van der Waals surface area contributed by atoms with Gasteiger partial charge in [-0.15, -0.1) is 0 Å². The number of carboxylic acids is 1. The number of aryl methyl sites for hydroxylation is 1. The maximum Gasteiger partial charge on any atom is 0.326 e. The average Bonchev–Trinajstić information content (AvgIpc) is 3.36. The predicted octanol–water partition coefficient (Wildman–Crippen LogP) is 4.96. The molecule has 41 heavy (non-hydrogen) atoms. The summed E-state index contributed by atoms with van der Waals surface area (Å²) in [5.74, 6) is -1.31. The Hall–Kier alpha value is -3.69. The van der Waals surface area contributed by atoms with E-state index in [0.29, 0.717) is 24.3 Å². The molecule has 1 fully saturated rings. The minimum absolute atomic E-state index is 0. The molecule has 1 saturated heterocycles. The maximum absolute atomic E-state index is 13.4. The highest BCUT2D eigenvalue weighted by Crippen LogP contribution is 2.30. The van der Waals surface area contributed by atoms with Crippen LogP contribution in [0, 0.1) is 6.92 Å². The molecule has 9 heteroatoms. The molecule has 0 aliphatic carbocycles. The van der Waals surface area contributed by atoms with Crippen molar-refractivity contribution < 1.29 is 27.9 Å². The molecule has 8 nitrogen and oxygen atoms in total. The Kier molecular flexibility index (Phi) is 11.1. The van der Waals surface area contributed by atoms with Gasteiger partial charge >= 0.3 is 5.97 Å². The topological polar surface area (TPSA) is 113 Å².